The van der Waals surface area contributed by atoms with Gasteiger partial charge in [-0.3, -0.25) is 4.68 Å². The maximum absolute atomic E-state index is 5.85. The van der Waals surface area contributed by atoms with E-state index in [-0.39, 0.29) is 6.10 Å². The van der Waals surface area contributed by atoms with Gasteiger partial charge in [0.2, 0.25) is 0 Å². The number of rotatable bonds is 3. The number of aromatic nitrogens is 2. The third-order valence-electron chi connectivity index (χ3n) is 2.96. The summed E-state index contributed by atoms with van der Waals surface area (Å²) in [6.07, 6.45) is 6.60. The molecule has 0 aliphatic carbocycles. The quantitative estimate of drug-likeness (QED) is 0.810. The highest BCUT2D eigenvalue weighted by Gasteiger charge is 2.27. The molecule has 1 aromatic rings. The van der Waals surface area contributed by atoms with E-state index in [4.69, 9.17) is 4.74 Å². The number of hydrogen-bond donors (Lipinski definition) is 1. The van der Waals surface area contributed by atoms with Crippen LogP contribution in [0.15, 0.2) is 12.4 Å². The summed E-state index contributed by atoms with van der Waals surface area (Å²) in [6, 6.07) is 0. The zero-order valence-corrected chi connectivity index (χ0v) is 9.44. The smallest absolute Gasteiger partial charge is 0.0895 e. The Morgan fingerprint density at radius 3 is 3.20 bits per heavy atom. The lowest BCUT2D eigenvalue weighted by Gasteiger charge is -2.31. The molecule has 2 rings (SSSR count). The molecular weight excluding hydrogens is 190 g/mol. The van der Waals surface area contributed by atoms with Crippen LogP contribution in [0.5, 0.6) is 0 Å². The van der Waals surface area contributed by atoms with Crippen LogP contribution in [0.2, 0.25) is 0 Å². The van der Waals surface area contributed by atoms with E-state index >= 15 is 0 Å². The van der Waals surface area contributed by atoms with Gasteiger partial charge in [0.15, 0.2) is 0 Å². The predicted octanol–water partition coefficient (Wildman–Crippen LogP) is 1.11. The van der Waals surface area contributed by atoms with Crippen LogP contribution in [-0.4, -0.2) is 30.0 Å². The molecule has 0 aromatic carbocycles. The summed E-state index contributed by atoms with van der Waals surface area (Å²) in [4.78, 5) is 0. The standard InChI is InChI=1S/C11H19N3O/c1-12-6-9-4-3-5-15-11(9)10-7-13-14(2)8-10/h7-9,11-12H,3-6H2,1-2H3. The Labute approximate surface area is 90.6 Å². The van der Waals surface area contributed by atoms with E-state index in [0.717, 1.165) is 13.2 Å². The monoisotopic (exact) mass is 209 g/mol. The van der Waals surface area contributed by atoms with E-state index in [0.29, 0.717) is 5.92 Å². The van der Waals surface area contributed by atoms with Gasteiger partial charge in [-0.2, -0.15) is 5.10 Å². The lowest BCUT2D eigenvalue weighted by molar-refractivity contribution is -0.0272. The summed E-state index contributed by atoms with van der Waals surface area (Å²) in [5.41, 5.74) is 1.21. The molecule has 2 atom stereocenters. The van der Waals surface area contributed by atoms with Crippen molar-refractivity contribution >= 4 is 0 Å². The van der Waals surface area contributed by atoms with Crippen LogP contribution in [0, 0.1) is 5.92 Å². The maximum atomic E-state index is 5.85. The molecule has 4 heteroatoms. The Hall–Kier alpha value is -0.870. The molecule has 4 nitrogen and oxygen atoms in total. The van der Waals surface area contributed by atoms with E-state index < -0.39 is 0 Å². The third-order valence-corrected chi connectivity index (χ3v) is 2.96. The van der Waals surface area contributed by atoms with Crippen LogP contribution < -0.4 is 5.32 Å². The summed E-state index contributed by atoms with van der Waals surface area (Å²) in [6.45, 7) is 1.89. The Balaban J connectivity index is 2.10. The first kappa shape index (κ1) is 10.6. The van der Waals surface area contributed by atoms with Gasteiger partial charge in [-0.1, -0.05) is 0 Å². The molecule has 0 radical (unpaired) electrons. The van der Waals surface area contributed by atoms with Gasteiger partial charge in [0.1, 0.15) is 0 Å². The van der Waals surface area contributed by atoms with Gasteiger partial charge >= 0.3 is 0 Å². The topological polar surface area (TPSA) is 39.1 Å². The van der Waals surface area contributed by atoms with Gasteiger partial charge in [0.25, 0.3) is 0 Å². The van der Waals surface area contributed by atoms with Gasteiger partial charge in [-0.25, -0.2) is 0 Å². The van der Waals surface area contributed by atoms with Crippen LogP contribution in [0.25, 0.3) is 0 Å². The number of hydrogen-bond acceptors (Lipinski definition) is 3. The van der Waals surface area contributed by atoms with Crippen molar-refractivity contribution in [2.75, 3.05) is 20.2 Å². The third kappa shape index (κ3) is 2.38. The molecule has 15 heavy (non-hydrogen) atoms. The molecule has 1 aliphatic rings. The highest BCUT2D eigenvalue weighted by Crippen LogP contribution is 2.32. The van der Waals surface area contributed by atoms with Gasteiger partial charge in [0.05, 0.1) is 12.3 Å². The fraction of sp³-hybridized carbons (Fsp3) is 0.727. The highest BCUT2D eigenvalue weighted by molar-refractivity contribution is 5.10. The van der Waals surface area contributed by atoms with Crippen LogP contribution in [0.4, 0.5) is 0 Å². The average Bonchev–Trinajstić information content (AvgIpc) is 2.66. The van der Waals surface area contributed by atoms with Crippen LogP contribution in [0.3, 0.4) is 0 Å². The van der Waals surface area contributed by atoms with Crippen molar-refractivity contribution in [2.24, 2.45) is 13.0 Å². The van der Waals surface area contributed by atoms with Crippen molar-refractivity contribution in [1.82, 2.24) is 15.1 Å². The first-order chi connectivity index (χ1) is 7.31. The molecule has 1 saturated heterocycles. The van der Waals surface area contributed by atoms with Gasteiger partial charge in [0, 0.05) is 37.9 Å². The van der Waals surface area contributed by atoms with Crippen molar-refractivity contribution in [1.29, 1.82) is 0 Å². The van der Waals surface area contributed by atoms with E-state index in [1.165, 1.54) is 18.4 Å². The molecule has 84 valence electrons. The highest BCUT2D eigenvalue weighted by atomic mass is 16.5. The van der Waals surface area contributed by atoms with Gasteiger partial charge in [-0.15, -0.1) is 0 Å². The summed E-state index contributed by atoms with van der Waals surface area (Å²) in [5.74, 6) is 0.577. The van der Waals surface area contributed by atoms with Crippen LogP contribution >= 0.6 is 0 Å². The second-order valence-electron chi connectivity index (χ2n) is 4.20. The lowest BCUT2D eigenvalue weighted by atomic mass is 9.91. The first-order valence-electron chi connectivity index (χ1n) is 5.56. The second kappa shape index (κ2) is 4.77. The van der Waals surface area contributed by atoms with Crippen LogP contribution in [0.1, 0.15) is 24.5 Å². The number of nitrogens with zero attached hydrogens (tertiary/aromatic N) is 2. The SMILES string of the molecule is CNCC1CCCOC1c1cnn(C)c1. The molecule has 1 aliphatic heterocycles. The van der Waals surface area contributed by atoms with Crippen molar-refractivity contribution < 1.29 is 4.74 Å². The van der Waals surface area contributed by atoms with E-state index in [9.17, 15) is 0 Å². The van der Waals surface area contributed by atoms with Crippen LogP contribution in [-0.2, 0) is 11.8 Å². The minimum atomic E-state index is 0.222. The molecule has 0 amide bonds. The molecule has 1 N–H and O–H groups in total. The molecule has 1 fully saturated rings. The number of aryl methyl sites for hydroxylation is 1. The minimum Gasteiger partial charge on any atom is -0.373 e. The van der Waals surface area contributed by atoms with E-state index in [2.05, 4.69) is 16.6 Å². The lowest BCUT2D eigenvalue weighted by Crippen LogP contribution is -2.30. The Bertz CT molecular complexity index is 309. The minimum absolute atomic E-state index is 0.222. The van der Waals surface area contributed by atoms with Crippen molar-refractivity contribution in [3.05, 3.63) is 18.0 Å². The summed E-state index contributed by atoms with van der Waals surface area (Å²) in [5, 5.41) is 7.44. The largest absolute Gasteiger partial charge is 0.373 e. The molecule has 2 heterocycles. The molecule has 1 aromatic heterocycles. The summed E-state index contributed by atoms with van der Waals surface area (Å²) >= 11 is 0. The van der Waals surface area contributed by atoms with Crippen molar-refractivity contribution in [2.45, 2.75) is 18.9 Å². The Kier molecular flexibility index (Phi) is 3.38. The maximum Gasteiger partial charge on any atom is 0.0895 e. The Morgan fingerprint density at radius 1 is 1.67 bits per heavy atom. The van der Waals surface area contributed by atoms with Crippen molar-refractivity contribution in [3.8, 4) is 0 Å². The number of ether oxygens (including phenoxy) is 1. The zero-order valence-electron chi connectivity index (χ0n) is 9.44. The molecule has 0 spiro atoms. The fourth-order valence-corrected chi connectivity index (χ4v) is 2.27. The fourth-order valence-electron chi connectivity index (χ4n) is 2.27. The second-order valence-corrected chi connectivity index (χ2v) is 4.20. The average molecular weight is 209 g/mol. The molecule has 2 unspecified atom stereocenters. The normalized spacial score (nSPS) is 26.8. The zero-order chi connectivity index (χ0) is 10.7. The first-order valence-corrected chi connectivity index (χ1v) is 5.56. The molecule has 0 saturated carbocycles. The number of nitrogens with one attached hydrogen (secondary N) is 1. The van der Waals surface area contributed by atoms with Gasteiger partial charge in [-0.05, 0) is 19.9 Å². The molecule has 0 bridgehead atoms. The van der Waals surface area contributed by atoms with E-state index in [1.54, 1.807) is 0 Å². The summed E-state index contributed by atoms with van der Waals surface area (Å²) in [7, 11) is 3.94. The predicted molar refractivity (Wildman–Crippen MR) is 58.6 cm³/mol. The van der Waals surface area contributed by atoms with E-state index in [1.807, 2.05) is 25.0 Å². The molecular formula is C11H19N3O. The Morgan fingerprint density at radius 2 is 2.53 bits per heavy atom. The van der Waals surface area contributed by atoms with Crippen molar-refractivity contribution in [3.63, 3.8) is 0 Å². The van der Waals surface area contributed by atoms with Gasteiger partial charge < -0.3 is 10.1 Å². The summed E-state index contributed by atoms with van der Waals surface area (Å²) < 4.78 is 7.69.